The van der Waals surface area contributed by atoms with Crippen LogP contribution >= 0.6 is 36.2 Å². The summed E-state index contributed by atoms with van der Waals surface area (Å²) in [6.45, 7) is 2.00. The Morgan fingerprint density at radius 3 is 2.36 bits per heavy atom. The average molecular weight is 418 g/mol. The molecule has 0 fully saturated rings. The number of hydrogen-bond donors (Lipinski definition) is 1. The molecule has 0 saturated heterocycles. The molecule has 4 nitrogen and oxygen atoms in total. The fraction of sp³-hybridized carbons (Fsp3) is 0.0714. The van der Waals surface area contributed by atoms with Crippen LogP contribution in [0.3, 0.4) is 0 Å². The van der Waals surface area contributed by atoms with Gasteiger partial charge in [0.2, 0.25) is 0 Å². The molecule has 2 aromatic carbocycles. The number of nitroso groups, excluding NO2 is 1. The van der Waals surface area contributed by atoms with Crippen molar-refractivity contribution in [3.63, 3.8) is 0 Å². The second kappa shape index (κ2) is 9.80. The molecule has 22 heavy (non-hydrogen) atoms. The summed E-state index contributed by atoms with van der Waals surface area (Å²) in [5.41, 5.74) is 7.86. The summed E-state index contributed by atoms with van der Waals surface area (Å²) in [7, 11) is 0. The molecule has 0 saturated carbocycles. The Balaban J connectivity index is 0.000000374. The molecule has 0 spiro atoms. The third-order valence-electron chi connectivity index (χ3n) is 2.47. The van der Waals surface area contributed by atoms with E-state index in [4.69, 9.17) is 5.73 Å². The number of aromatic nitrogens is 1. The van der Waals surface area contributed by atoms with Crippen LogP contribution in [0.5, 0.6) is 0 Å². The Kier molecular flexibility index (Phi) is 9.29. The zero-order chi connectivity index (χ0) is 14.5. The molecule has 8 heteroatoms. The number of benzene rings is 2. The zero-order valence-electron chi connectivity index (χ0n) is 11.6. The van der Waals surface area contributed by atoms with Gasteiger partial charge in [-0.3, -0.25) is 0 Å². The molecule has 0 atom stereocenters. The van der Waals surface area contributed by atoms with Crippen LogP contribution in [0.1, 0.15) is 5.01 Å². The third kappa shape index (κ3) is 5.93. The first-order valence-corrected chi connectivity index (χ1v) is 7.59. The van der Waals surface area contributed by atoms with Gasteiger partial charge < -0.3 is 5.73 Å². The Morgan fingerprint density at radius 2 is 1.77 bits per heavy atom. The van der Waals surface area contributed by atoms with Crippen LogP contribution in [0, 0.1) is 11.8 Å². The number of rotatable bonds is 1. The van der Waals surface area contributed by atoms with Gasteiger partial charge in [0.1, 0.15) is 0 Å². The molecule has 3 aromatic rings. The van der Waals surface area contributed by atoms with Crippen LogP contribution < -0.4 is 10.1 Å². The number of aryl methyl sites for hydroxylation is 1. The van der Waals surface area contributed by atoms with E-state index < -0.39 is 0 Å². The van der Waals surface area contributed by atoms with Crippen LogP contribution in [-0.4, -0.2) is 21.8 Å². The van der Waals surface area contributed by atoms with Crippen LogP contribution in [0.25, 0.3) is 10.2 Å². The predicted octanol–water partition coefficient (Wildman–Crippen LogP) is 3.91. The molecule has 1 aromatic heterocycles. The molecule has 116 valence electrons. The summed E-state index contributed by atoms with van der Waals surface area (Å²) in [4.78, 5) is 14.2. The molecular weight excluding hydrogens is 404 g/mol. The van der Waals surface area contributed by atoms with Crippen LogP contribution in [0.2, 0.25) is 0 Å². The molecule has 2 N–H and O–H groups in total. The van der Waals surface area contributed by atoms with Crippen LogP contribution in [0.4, 0.5) is 11.4 Å². The monoisotopic (exact) mass is 417 g/mol. The molecule has 1 heterocycles. The summed E-state index contributed by atoms with van der Waals surface area (Å²) < 4.78 is 2.28. The van der Waals surface area contributed by atoms with Gasteiger partial charge in [-0.1, -0.05) is 0 Å². The molecule has 0 aliphatic carbocycles. The standard InChI is InChI=1S/C8H8N2S.C6H4AsNO.2ClH/c1-5-10-7-4-6(9)2-3-8(7)11-5;7-5-1-3-6(8-9)4-2-5;;/h2-4H,9H2,1H3;1-4H;2*1H. The first kappa shape index (κ1) is 20.9. The molecule has 0 bridgehead atoms. The molecule has 0 aliphatic rings. The van der Waals surface area contributed by atoms with Gasteiger partial charge in [0.25, 0.3) is 0 Å². The molecule has 2 radical (unpaired) electrons. The van der Waals surface area contributed by atoms with Gasteiger partial charge in [0.15, 0.2) is 0 Å². The maximum atomic E-state index is 9.86. The van der Waals surface area contributed by atoms with E-state index in [2.05, 4.69) is 27.0 Å². The van der Waals surface area contributed by atoms with Crippen molar-refractivity contribution < 1.29 is 0 Å². The summed E-state index contributed by atoms with van der Waals surface area (Å²) in [5.74, 6) is 0. The number of anilines is 1. The van der Waals surface area contributed by atoms with Crippen molar-refractivity contribution in [2.75, 3.05) is 5.73 Å². The number of nitrogen functional groups attached to an aromatic ring is 1. The van der Waals surface area contributed by atoms with Crippen molar-refractivity contribution in [3.8, 4) is 0 Å². The van der Waals surface area contributed by atoms with E-state index >= 15 is 0 Å². The maximum absolute atomic E-state index is 9.86. The minimum absolute atomic E-state index is 0. The van der Waals surface area contributed by atoms with Crippen molar-refractivity contribution in [2.24, 2.45) is 5.18 Å². The summed E-state index contributed by atoms with van der Waals surface area (Å²) in [6.07, 6.45) is 0. The minimum atomic E-state index is 0. The fourth-order valence-electron chi connectivity index (χ4n) is 1.57. The predicted molar refractivity (Wildman–Crippen MR) is 101 cm³/mol. The Morgan fingerprint density at radius 1 is 1.14 bits per heavy atom. The second-order valence-electron chi connectivity index (χ2n) is 4.07. The third-order valence-corrected chi connectivity index (χ3v) is 4.05. The van der Waals surface area contributed by atoms with Gasteiger partial charge >= 0.3 is 61.2 Å². The van der Waals surface area contributed by atoms with Crippen molar-refractivity contribution >= 4 is 78.9 Å². The van der Waals surface area contributed by atoms with E-state index in [9.17, 15) is 4.91 Å². The quantitative estimate of drug-likeness (QED) is 0.370. The van der Waals surface area contributed by atoms with Gasteiger partial charge in [-0.2, -0.15) is 0 Å². The van der Waals surface area contributed by atoms with Crippen molar-refractivity contribution in [3.05, 3.63) is 52.4 Å². The van der Waals surface area contributed by atoms with Gasteiger partial charge in [-0.15, -0.1) is 36.2 Å². The number of hydrogen-bond acceptors (Lipinski definition) is 5. The Bertz CT molecular complexity index is 735. The van der Waals surface area contributed by atoms with Crippen LogP contribution in [-0.2, 0) is 0 Å². The molecule has 0 unspecified atom stereocenters. The number of nitrogens with zero attached hydrogens (tertiary/aromatic N) is 2. The number of thiazole rings is 1. The van der Waals surface area contributed by atoms with Gasteiger partial charge in [-0.25, -0.2) is 4.98 Å². The van der Waals surface area contributed by atoms with E-state index in [0.29, 0.717) is 5.69 Å². The van der Waals surface area contributed by atoms with E-state index in [1.807, 2.05) is 37.3 Å². The average Bonchev–Trinajstić information content (AvgIpc) is 2.79. The van der Waals surface area contributed by atoms with E-state index in [1.165, 1.54) is 4.70 Å². The fourth-order valence-corrected chi connectivity index (χ4v) is 2.69. The Hall–Kier alpha value is -1.13. The molecule has 3 rings (SSSR count). The van der Waals surface area contributed by atoms with Crippen LogP contribution in [0.15, 0.2) is 47.6 Å². The van der Waals surface area contributed by atoms with Gasteiger partial charge in [0.05, 0.1) is 15.2 Å². The Labute approximate surface area is 153 Å². The van der Waals surface area contributed by atoms with Crippen molar-refractivity contribution in [1.29, 1.82) is 0 Å². The zero-order valence-corrected chi connectivity index (χ0v) is 15.9. The number of nitrogens with two attached hydrogens (primary N) is 1. The second-order valence-corrected chi connectivity index (χ2v) is 6.39. The first-order chi connectivity index (χ1) is 9.58. The number of fused-ring (bicyclic) bond motifs is 1. The molecule has 0 amide bonds. The van der Waals surface area contributed by atoms with Gasteiger partial charge in [-0.05, 0) is 25.1 Å². The first-order valence-electron chi connectivity index (χ1n) is 5.83. The molecule has 0 aliphatic heterocycles. The summed E-state index contributed by atoms with van der Waals surface area (Å²) >= 11 is 4.08. The molecular formula is C14H14AsCl2N3OS. The SMILES string of the molecule is Cc1nc2cc(N)ccc2s1.Cl.Cl.O=Nc1ccc([As])cc1. The van der Waals surface area contributed by atoms with E-state index in [1.54, 1.807) is 23.5 Å². The normalized spacial score (nSPS) is 9.00. The van der Waals surface area contributed by atoms with Crippen molar-refractivity contribution in [2.45, 2.75) is 6.92 Å². The van der Waals surface area contributed by atoms with E-state index in [0.717, 1.165) is 20.6 Å². The summed E-state index contributed by atoms with van der Waals surface area (Å²) in [6, 6.07) is 12.8. The van der Waals surface area contributed by atoms with E-state index in [-0.39, 0.29) is 24.8 Å². The topological polar surface area (TPSA) is 68.3 Å². The summed E-state index contributed by atoms with van der Waals surface area (Å²) in [5, 5.41) is 3.84. The number of halogens is 2. The van der Waals surface area contributed by atoms with Crippen molar-refractivity contribution in [1.82, 2.24) is 4.98 Å². The van der Waals surface area contributed by atoms with Gasteiger partial charge in [0, 0.05) is 5.69 Å².